The molecule has 0 aromatic heterocycles. The standard InChI is InChI=1S/C7H15Cl2N2O2P/c8-2-5-11(6-3-9)14(12)10-4-1-7-13-14/h1-7H2,(H,10,12)/i4D2,7D2/hD. The third kappa shape index (κ3) is 3.37. The van der Waals surface area contributed by atoms with Crippen LogP contribution in [0.2, 0.25) is 1.41 Å². The van der Waals surface area contributed by atoms with Crippen molar-refractivity contribution in [2.45, 2.75) is 6.42 Å². The van der Waals surface area contributed by atoms with Gasteiger partial charge in [-0.05, 0) is 6.42 Å². The number of halogens is 2. The van der Waals surface area contributed by atoms with Crippen LogP contribution >= 0.6 is 30.9 Å². The summed E-state index contributed by atoms with van der Waals surface area (Å²) in [5, 5.41) is 0.195. The van der Waals surface area contributed by atoms with Crippen LogP contribution in [0, 0.1) is 0 Å². The van der Waals surface area contributed by atoms with E-state index in [-0.39, 0.29) is 29.9 Å². The molecule has 1 heterocycles. The fourth-order valence-corrected chi connectivity index (χ4v) is 3.09. The lowest BCUT2D eigenvalue weighted by molar-refractivity contribution is 0.233. The highest BCUT2D eigenvalue weighted by atomic mass is 35.5. The van der Waals surface area contributed by atoms with Crippen LogP contribution in [0.15, 0.2) is 0 Å². The molecule has 1 aliphatic heterocycles. The van der Waals surface area contributed by atoms with E-state index in [9.17, 15) is 4.57 Å². The molecule has 1 fully saturated rings. The van der Waals surface area contributed by atoms with Gasteiger partial charge >= 0.3 is 7.67 Å². The van der Waals surface area contributed by atoms with Crippen LogP contribution in [0.25, 0.3) is 0 Å². The minimum Gasteiger partial charge on any atom is -0.306 e. The predicted molar refractivity (Wildman–Crippen MR) is 59.2 cm³/mol. The van der Waals surface area contributed by atoms with E-state index in [1.54, 1.807) is 0 Å². The van der Waals surface area contributed by atoms with Crippen LogP contribution in [0.1, 0.15) is 11.9 Å². The van der Waals surface area contributed by atoms with Gasteiger partial charge in [0.25, 0.3) is 0 Å². The molecule has 0 aromatic carbocycles. The summed E-state index contributed by atoms with van der Waals surface area (Å²) in [7, 11) is -4.18. The molecule has 1 atom stereocenters. The second-order valence-corrected chi connectivity index (χ2v) is 5.18. The third-order valence-corrected chi connectivity index (χ3v) is 3.79. The highest BCUT2D eigenvalue weighted by Gasteiger charge is 2.32. The summed E-state index contributed by atoms with van der Waals surface area (Å²) in [6.45, 7) is -4.73. The highest BCUT2D eigenvalue weighted by Crippen LogP contribution is 2.47. The van der Waals surface area contributed by atoms with E-state index in [0.717, 1.165) is 4.67 Å². The zero-order valence-electron chi connectivity index (χ0n) is 12.4. The van der Waals surface area contributed by atoms with Gasteiger partial charge in [-0.25, -0.2) is 9.75 Å². The second kappa shape index (κ2) is 6.31. The molecule has 0 amide bonds. The van der Waals surface area contributed by atoms with Gasteiger partial charge in [-0.3, -0.25) is 4.57 Å². The summed E-state index contributed by atoms with van der Waals surface area (Å²) in [4.78, 5) is 0. The van der Waals surface area contributed by atoms with Gasteiger partial charge in [0.15, 0.2) is 0 Å². The molecule has 0 aliphatic carbocycles. The molecule has 0 bridgehead atoms. The van der Waals surface area contributed by atoms with Gasteiger partial charge in [-0.15, -0.1) is 23.2 Å². The molecular formula is C7H15Cl2N2O2P. The predicted octanol–water partition coefficient (Wildman–Crippen LogP) is 1.88. The van der Waals surface area contributed by atoms with E-state index in [4.69, 9.17) is 34.6 Å². The van der Waals surface area contributed by atoms with Crippen LogP contribution in [-0.2, 0) is 9.09 Å². The van der Waals surface area contributed by atoms with Crippen LogP contribution in [-0.4, -0.2) is 42.6 Å². The maximum atomic E-state index is 12.7. The lowest BCUT2D eigenvalue weighted by Gasteiger charge is -2.33. The Labute approximate surface area is 102 Å². The molecule has 84 valence electrons. The summed E-state index contributed by atoms with van der Waals surface area (Å²) in [6, 6.07) is 0. The zero-order valence-corrected chi connectivity index (χ0v) is 9.86. The van der Waals surface area contributed by atoms with Crippen molar-refractivity contribution in [3.63, 3.8) is 0 Å². The molecule has 4 nitrogen and oxygen atoms in total. The normalized spacial score (nSPS) is 42.1. The van der Waals surface area contributed by atoms with Crippen LogP contribution < -0.4 is 5.08 Å². The summed E-state index contributed by atoms with van der Waals surface area (Å²) < 4.78 is 56.7. The maximum Gasteiger partial charge on any atom is 0.343 e. The van der Waals surface area contributed by atoms with Gasteiger partial charge in [-0.1, -0.05) is 0 Å². The lowest BCUT2D eigenvalue weighted by atomic mass is 10.5. The summed E-state index contributed by atoms with van der Waals surface area (Å²) in [5.41, 5.74) is 0. The molecule has 1 saturated heterocycles. The number of nitrogens with one attached hydrogen (secondary N) is 1. The van der Waals surface area contributed by atoms with Gasteiger partial charge in [-0.2, -0.15) is 0 Å². The minimum absolute atomic E-state index is 0.0487. The van der Waals surface area contributed by atoms with Crippen LogP contribution in [0.3, 0.4) is 0 Å². The zero-order chi connectivity index (χ0) is 14.9. The van der Waals surface area contributed by atoms with Crippen molar-refractivity contribution in [3.05, 3.63) is 0 Å². The van der Waals surface area contributed by atoms with Gasteiger partial charge < -0.3 is 4.52 Å². The molecule has 0 radical (unpaired) electrons. The van der Waals surface area contributed by atoms with E-state index in [0.29, 0.717) is 0 Å². The quantitative estimate of drug-likeness (QED) is 0.609. The molecular weight excluding hydrogens is 246 g/mol. The first-order valence-electron chi connectivity index (χ1n) is 6.51. The Bertz CT molecular complexity index is 369. The number of hydrogen-bond donors (Lipinski definition) is 1. The average molecular weight is 266 g/mol. The largest absolute Gasteiger partial charge is 0.343 e. The summed E-state index contributed by atoms with van der Waals surface area (Å²) in [5.74, 6) is 0.147. The Morgan fingerprint density at radius 2 is 2.21 bits per heavy atom. The van der Waals surface area contributed by atoms with Crippen LogP contribution in [0.4, 0.5) is 0 Å². The SMILES string of the molecule is [2H]N1C([2H])([2H])CC([2H])([2H])OP1(=O)N(CCCl)CCCl. The van der Waals surface area contributed by atoms with E-state index >= 15 is 0 Å². The summed E-state index contributed by atoms with van der Waals surface area (Å²) in [6.07, 6.45) is -0.705. The molecule has 7 heteroatoms. The maximum absolute atomic E-state index is 12.7. The molecule has 14 heavy (non-hydrogen) atoms. The van der Waals surface area contributed by atoms with E-state index in [2.05, 4.69) is 0 Å². The third-order valence-electron chi connectivity index (χ3n) is 1.57. The second-order valence-electron chi connectivity index (χ2n) is 2.49. The molecule has 1 aliphatic rings. The fourth-order valence-electron chi connectivity index (χ4n) is 0.974. The van der Waals surface area contributed by atoms with Crippen molar-refractivity contribution < 1.29 is 16.0 Å². The van der Waals surface area contributed by atoms with Gasteiger partial charge in [0, 0.05) is 34.1 Å². The Morgan fingerprint density at radius 1 is 1.57 bits per heavy atom. The van der Waals surface area contributed by atoms with Crippen molar-refractivity contribution in [1.29, 1.82) is 0 Å². The number of nitrogens with zero attached hydrogens (tertiary/aromatic N) is 1. The topological polar surface area (TPSA) is 41.6 Å². The Hall–Kier alpha value is 0.690. The van der Waals surface area contributed by atoms with Crippen molar-refractivity contribution >= 4 is 30.9 Å². The fraction of sp³-hybridized carbons (Fsp3) is 1.00. The van der Waals surface area contributed by atoms with Gasteiger partial charge in [0.1, 0.15) is 1.41 Å². The Balaban J connectivity index is 3.13. The molecule has 1 unspecified atom stereocenters. The molecule has 1 N–H and O–H groups in total. The van der Waals surface area contributed by atoms with Gasteiger partial charge in [0.05, 0.1) is 9.30 Å². The number of rotatable bonds is 5. The first kappa shape index (κ1) is 7.10. The van der Waals surface area contributed by atoms with Crippen molar-refractivity contribution in [2.24, 2.45) is 0 Å². The Kier molecular flexibility index (Phi) is 3.20. The number of hydrogen-bond acceptors (Lipinski definition) is 2. The average Bonchev–Trinajstić information content (AvgIpc) is 2.23. The molecule has 0 aromatic rings. The smallest absolute Gasteiger partial charge is 0.306 e. The van der Waals surface area contributed by atoms with Crippen LogP contribution in [0.5, 0.6) is 0 Å². The lowest BCUT2D eigenvalue weighted by Crippen LogP contribution is -2.35. The monoisotopic (exact) mass is 265 g/mol. The highest BCUT2D eigenvalue weighted by molar-refractivity contribution is 7.54. The van der Waals surface area contributed by atoms with Crippen molar-refractivity contribution in [2.75, 3.05) is 37.9 Å². The van der Waals surface area contributed by atoms with Crippen molar-refractivity contribution in [3.8, 4) is 0 Å². The summed E-state index contributed by atoms with van der Waals surface area (Å²) >= 11 is 11.1. The van der Waals surface area contributed by atoms with E-state index in [1.165, 1.54) is 0 Å². The minimum atomic E-state index is -4.18. The molecule has 0 spiro atoms. The van der Waals surface area contributed by atoms with Gasteiger partial charge in [0.2, 0.25) is 0 Å². The van der Waals surface area contributed by atoms with E-state index < -0.39 is 27.1 Å². The molecule has 1 rings (SSSR count). The first-order valence-corrected chi connectivity index (χ1v) is 6.67. The molecule has 0 saturated carbocycles. The van der Waals surface area contributed by atoms with E-state index in [1.807, 2.05) is 0 Å². The number of alkyl halides is 2. The van der Waals surface area contributed by atoms with Crippen molar-refractivity contribution in [1.82, 2.24) is 9.75 Å². The Morgan fingerprint density at radius 3 is 2.79 bits per heavy atom. The first-order chi connectivity index (χ1) is 8.59.